The molecule has 3 heterocycles. The van der Waals surface area contributed by atoms with E-state index in [-0.39, 0.29) is 81.6 Å². The number of para-hydroxylation sites is 1. The minimum atomic E-state index is -4.90. The number of nitrogens with one attached hydrogen (secondary N) is 1. The second kappa shape index (κ2) is 11.9. The fourth-order valence-electron chi connectivity index (χ4n) is 5.91. The fourth-order valence-corrected chi connectivity index (χ4v) is 5.91. The van der Waals surface area contributed by atoms with Gasteiger partial charge in [-0.3, -0.25) is 24.5 Å². The number of rotatable bonds is 8. The van der Waals surface area contributed by atoms with Gasteiger partial charge in [-0.1, -0.05) is 24.3 Å². The first kappa shape index (κ1) is 29.9. The van der Waals surface area contributed by atoms with E-state index in [1.54, 1.807) is 29.2 Å². The molecule has 0 aliphatic carbocycles. The van der Waals surface area contributed by atoms with E-state index in [1.807, 2.05) is 0 Å². The zero-order chi connectivity index (χ0) is 30.8. The third-order valence-electron chi connectivity index (χ3n) is 8.14. The summed E-state index contributed by atoms with van der Waals surface area (Å²) in [6, 6.07) is 12.1. The molecule has 2 aromatic rings. The Morgan fingerprint density at radius 2 is 1.79 bits per heavy atom. The molecule has 43 heavy (non-hydrogen) atoms. The van der Waals surface area contributed by atoms with Crippen LogP contribution < -0.4 is 14.8 Å². The summed E-state index contributed by atoms with van der Waals surface area (Å²) in [5.41, 5.74) is 0.00603. The van der Waals surface area contributed by atoms with E-state index in [4.69, 9.17) is 4.74 Å². The first-order valence-electron chi connectivity index (χ1n) is 13.9. The van der Waals surface area contributed by atoms with Crippen LogP contribution in [-0.2, 0) is 26.3 Å². The summed E-state index contributed by atoms with van der Waals surface area (Å²) in [6.45, 7) is 0.768. The summed E-state index contributed by atoms with van der Waals surface area (Å²) in [5, 5.41) is 12.2. The minimum absolute atomic E-state index is 0.153. The molecular formula is C30H29F3N4O6. The average molecular weight is 599 g/mol. The number of alkyl halides is 3. The van der Waals surface area contributed by atoms with Gasteiger partial charge < -0.3 is 19.3 Å². The van der Waals surface area contributed by atoms with Crippen molar-refractivity contribution < 1.29 is 41.8 Å². The number of likely N-dealkylation sites (tertiary alicyclic amines) is 1. The molecule has 2 fully saturated rings. The molecule has 1 N–H and O–H groups in total. The molecule has 10 nitrogen and oxygen atoms in total. The van der Waals surface area contributed by atoms with Gasteiger partial charge in [0, 0.05) is 42.6 Å². The van der Waals surface area contributed by atoms with Crippen molar-refractivity contribution >= 4 is 23.6 Å². The lowest BCUT2D eigenvalue weighted by Gasteiger charge is -2.38. The van der Waals surface area contributed by atoms with Crippen LogP contribution in [0.3, 0.4) is 0 Å². The van der Waals surface area contributed by atoms with E-state index in [1.165, 1.54) is 23.1 Å². The van der Waals surface area contributed by atoms with E-state index in [9.17, 15) is 37.6 Å². The Kier molecular flexibility index (Phi) is 8.30. The monoisotopic (exact) mass is 598 g/mol. The van der Waals surface area contributed by atoms with Gasteiger partial charge in [0.1, 0.15) is 17.5 Å². The van der Waals surface area contributed by atoms with E-state index in [2.05, 4.69) is 16.1 Å². The Balaban J connectivity index is 1.13. The van der Waals surface area contributed by atoms with Crippen molar-refractivity contribution in [1.82, 2.24) is 15.1 Å². The molecule has 0 radical (unpaired) electrons. The summed E-state index contributed by atoms with van der Waals surface area (Å²) >= 11 is 0. The summed E-state index contributed by atoms with van der Waals surface area (Å²) in [4.78, 5) is 52.7. The molecule has 1 atom stereocenters. The predicted octanol–water partition coefficient (Wildman–Crippen LogP) is 3.59. The van der Waals surface area contributed by atoms with E-state index in [0.717, 1.165) is 0 Å². The quantitative estimate of drug-likeness (QED) is 0.363. The molecule has 2 aromatic carbocycles. The lowest BCUT2D eigenvalue weighted by atomic mass is 9.73. The predicted molar refractivity (Wildman–Crippen MR) is 143 cm³/mol. The Hall–Kier alpha value is -4.60. The van der Waals surface area contributed by atoms with Crippen molar-refractivity contribution in [2.45, 2.75) is 62.9 Å². The topological polar surface area (TPSA) is 129 Å². The molecule has 0 aromatic heterocycles. The van der Waals surface area contributed by atoms with Crippen LogP contribution >= 0.6 is 0 Å². The number of amides is 4. The minimum Gasteiger partial charge on any atom is -0.493 e. The third kappa shape index (κ3) is 6.28. The highest BCUT2D eigenvalue weighted by Gasteiger charge is 2.42. The first-order chi connectivity index (χ1) is 20.5. The number of ether oxygens (including phenoxy) is 2. The van der Waals surface area contributed by atoms with Crippen LogP contribution in [0.1, 0.15) is 60.0 Å². The molecule has 13 heteroatoms. The standard InChI is InChI=1S/C30H29F3N4O6/c31-30(32,33)43-24-7-2-1-6-21(24)29(18-34)12-14-36(15-13-29)26(39)9-4-16-42-23-8-3-5-19-20(23)17-37(28(19)41)22-10-11-25(38)35-27(22)40/h1-3,5-8,22H,4,9-17H2,(H,35,38,40). The summed E-state index contributed by atoms with van der Waals surface area (Å²) < 4.78 is 48.9. The van der Waals surface area contributed by atoms with E-state index in [0.29, 0.717) is 23.3 Å². The number of benzene rings is 2. The number of nitrogens with zero attached hydrogens (tertiary/aromatic N) is 3. The number of piperidine rings is 2. The maximum Gasteiger partial charge on any atom is 0.573 e. The van der Waals surface area contributed by atoms with Crippen molar-refractivity contribution in [3.8, 4) is 17.6 Å². The van der Waals surface area contributed by atoms with E-state index >= 15 is 0 Å². The number of fused-ring (bicyclic) bond motifs is 1. The van der Waals surface area contributed by atoms with Gasteiger partial charge in [-0.25, -0.2) is 0 Å². The Morgan fingerprint density at radius 1 is 1.07 bits per heavy atom. The molecule has 1 unspecified atom stereocenters. The zero-order valence-corrected chi connectivity index (χ0v) is 23.1. The Morgan fingerprint density at radius 3 is 2.49 bits per heavy atom. The molecule has 0 spiro atoms. The van der Waals surface area contributed by atoms with Gasteiger partial charge in [0.05, 0.1) is 24.6 Å². The number of nitriles is 1. The van der Waals surface area contributed by atoms with Gasteiger partial charge in [0.15, 0.2) is 0 Å². The van der Waals surface area contributed by atoms with Crippen LogP contribution in [0.15, 0.2) is 42.5 Å². The molecule has 0 saturated carbocycles. The lowest BCUT2D eigenvalue weighted by Crippen LogP contribution is -2.52. The highest BCUT2D eigenvalue weighted by Crippen LogP contribution is 2.41. The number of hydrogen-bond donors (Lipinski definition) is 1. The van der Waals surface area contributed by atoms with Crippen LogP contribution in [0, 0.1) is 11.3 Å². The second-order valence-corrected chi connectivity index (χ2v) is 10.8. The smallest absolute Gasteiger partial charge is 0.493 e. The number of carbonyl (C=O) groups excluding carboxylic acids is 4. The Labute approximate surface area is 245 Å². The largest absolute Gasteiger partial charge is 0.573 e. The van der Waals surface area contributed by atoms with Crippen molar-refractivity contribution in [2.75, 3.05) is 19.7 Å². The molecule has 2 saturated heterocycles. The fraction of sp³-hybridized carbons (Fsp3) is 0.433. The van der Waals surface area contributed by atoms with Crippen LogP contribution in [0.5, 0.6) is 11.5 Å². The normalized spacial score (nSPS) is 19.9. The van der Waals surface area contributed by atoms with Gasteiger partial charge in [-0.15, -0.1) is 13.2 Å². The van der Waals surface area contributed by atoms with Crippen LogP contribution in [0.4, 0.5) is 13.2 Å². The van der Waals surface area contributed by atoms with Gasteiger partial charge >= 0.3 is 6.36 Å². The van der Waals surface area contributed by atoms with Gasteiger partial charge in [-0.2, -0.15) is 5.26 Å². The molecular weight excluding hydrogens is 569 g/mol. The number of hydrogen-bond acceptors (Lipinski definition) is 7. The summed E-state index contributed by atoms with van der Waals surface area (Å²) in [7, 11) is 0. The van der Waals surface area contributed by atoms with Crippen LogP contribution in [-0.4, -0.2) is 65.5 Å². The number of carbonyl (C=O) groups is 4. The third-order valence-corrected chi connectivity index (χ3v) is 8.14. The molecule has 4 amide bonds. The van der Waals surface area contributed by atoms with Gasteiger partial charge in [0.25, 0.3) is 5.91 Å². The second-order valence-electron chi connectivity index (χ2n) is 10.8. The molecule has 3 aliphatic rings. The maximum atomic E-state index is 13.0. The number of imide groups is 1. The lowest BCUT2D eigenvalue weighted by molar-refractivity contribution is -0.275. The Bertz CT molecular complexity index is 1480. The van der Waals surface area contributed by atoms with Crippen LogP contribution in [0.25, 0.3) is 0 Å². The van der Waals surface area contributed by atoms with E-state index < -0.39 is 29.5 Å². The molecule has 0 bridgehead atoms. The first-order valence-corrected chi connectivity index (χ1v) is 13.9. The van der Waals surface area contributed by atoms with Crippen molar-refractivity contribution in [1.29, 1.82) is 5.26 Å². The SMILES string of the molecule is N#CC1(c2ccccc2OC(F)(F)F)CCN(C(=O)CCCOc2cccc3c2CN(C2CCC(=O)NC2=O)C3=O)CC1. The zero-order valence-electron chi connectivity index (χ0n) is 23.1. The van der Waals surface area contributed by atoms with Crippen LogP contribution in [0.2, 0.25) is 0 Å². The highest BCUT2D eigenvalue weighted by atomic mass is 19.4. The summed E-state index contributed by atoms with van der Waals surface area (Å²) in [5.74, 6) is -1.27. The highest BCUT2D eigenvalue weighted by molar-refractivity contribution is 6.05. The van der Waals surface area contributed by atoms with Crippen molar-refractivity contribution in [3.63, 3.8) is 0 Å². The average Bonchev–Trinajstić information content (AvgIpc) is 3.31. The maximum absolute atomic E-state index is 13.0. The van der Waals surface area contributed by atoms with Crippen molar-refractivity contribution in [2.24, 2.45) is 0 Å². The molecule has 3 aliphatic heterocycles. The molecule has 226 valence electrons. The molecule has 5 rings (SSSR count). The van der Waals surface area contributed by atoms with Gasteiger partial charge in [0.2, 0.25) is 17.7 Å². The summed E-state index contributed by atoms with van der Waals surface area (Å²) in [6.07, 6.45) is -3.63. The number of halogens is 3. The van der Waals surface area contributed by atoms with Crippen molar-refractivity contribution in [3.05, 3.63) is 59.2 Å². The van der Waals surface area contributed by atoms with Gasteiger partial charge in [-0.05, 0) is 43.9 Å².